The number of aryl methyl sites for hydroxylation is 1. The number of nitrogens with one attached hydrogen (secondary N) is 1. The molecule has 0 aliphatic carbocycles. The molecule has 20 heavy (non-hydrogen) atoms. The van der Waals surface area contributed by atoms with Gasteiger partial charge in [0.1, 0.15) is 5.75 Å². The lowest BCUT2D eigenvalue weighted by Crippen LogP contribution is -2.18. The van der Waals surface area contributed by atoms with E-state index in [-0.39, 0.29) is 0 Å². The van der Waals surface area contributed by atoms with E-state index in [2.05, 4.69) is 43.4 Å². The first kappa shape index (κ1) is 14.9. The summed E-state index contributed by atoms with van der Waals surface area (Å²) < 4.78 is 5.16. The van der Waals surface area contributed by atoms with Crippen molar-refractivity contribution in [2.75, 3.05) is 7.11 Å². The predicted molar refractivity (Wildman–Crippen MR) is 84.4 cm³/mol. The Morgan fingerprint density at radius 2 is 1.95 bits per heavy atom. The van der Waals surface area contributed by atoms with Crippen molar-refractivity contribution in [3.05, 3.63) is 64.2 Å². The Bertz CT molecular complexity index is 583. The van der Waals surface area contributed by atoms with E-state index in [1.807, 2.05) is 18.2 Å². The second-order valence-electron chi connectivity index (χ2n) is 4.93. The van der Waals surface area contributed by atoms with Gasteiger partial charge in [-0.05, 0) is 42.7 Å². The summed E-state index contributed by atoms with van der Waals surface area (Å²) in [5, 5.41) is 4.17. The molecule has 0 saturated carbocycles. The summed E-state index contributed by atoms with van der Waals surface area (Å²) in [6.07, 6.45) is 0. The lowest BCUT2D eigenvalue weighted by atomic mass is 10.0. The van der Waals surface area contributed by atoms with Crippen LogP contribution < -0.4 is 10.1 Å². The van der Waals surface area contributed by atoms with E-state index in [0.717, 1.165) is 12.1 Å². The number of rotatable bonds is 5. The molecular weight excluding hydrogens is 270 g/mol. The lowest BCUT2D eigenvalue weighted by Gasteiger charge is -2.17. The zero-order valence-corrected chi connectivity index (χ0v) is 12.9. The molecule has 0 unspecified atom stereocenters. The number of hydrogen-bond acceptors (Lipinski definition) is 2. The number of ether oxygens (including phenoxy) is 1. The van der Waals surface area contributed by atoms with Gasteiger partial charge in [-0.25, -0.2) is 0 Å². The predicted octanol–water partition coefficient (Wildman–Crippen LogP) is 4.51. The minimum absolute atomic E-state index is 0.303. The summed E-state index contributed by atoms with van der Waals surface area (Å²) in [4.78, 5) is 0. The number of hydrogen-bond donors (Lipinski definition) is 1. The van der Waals surface area contributed by atoms with E-state index < -0.39 is 0 Å². The van der Waals surface area contributed by atoms with Crippen LogP contribution in [0.4, 0.5) is 0 Å². The molecule has 0 heterocycles. The number of benzene rings is 2. The van der Waals surface area contributed by atoms with Gasteiger partial charge >= 0.3 is 0 Å². The van der Waals surface area contributed by atoms with Gasteiger partial charge in [-0.1, -0.05) is 41.9 Å². The van der Waals surface area contributed by atoms with Gasteiger partial charge in [0.2, 0.25) is 0 Å². The topological polar surface area (TPSA) is 21.3 Å². The average molecular weight is 290 g/mol. The summed E-state index contributed by atoms with van der Waals surface area (Å²) >= 11 is 6.13. The van der Waals surface area contributed by atoms with E-state index >= 15 is 0 Å². The zero-order valence-electron chi connectivity index (χ0n) is 12.1. The molecule has 2 aromatic carbocycles. The quantitative estimate of drug-likeness (QED) is 0.874. The molecule has 2 aromatic rings. The molecular formula is C17H20ClNO. The second kappa shape index (κ2) is 6.78. The van der Waals surface area contributed by atoms with Crippen LogP contribution in [0.15, 0.2) is 42.5 Å². The van der Waals surface area contributed by atoms with Crippen molar-refractivity contribution in [1.29, 1.82) is 0 Å². The fraction of sp³-hybridized carbons (Fsp3) is 0.294. The van der Waals surface area contributed by atoms with Gasteiger partial charge in [-0.2, -0.15) is 0 Å². The van der Waals surface area contributed by atoms with Crippen molar-refractivity contribution in [2.45, 2.75) is 26.4 Å². The molecule has 0 fully saturated rings. The first-order valence-electron chi connectivity index (χ1n) is 6.73. The molecule has 2 nitrogen and oxygen atoms in total. The zero-order chi connectivity index (χ0) is 14.5. The highest BCUT2D eigenvalue weighted by Gasteiger charge is 2.08. The smallest absolute Gasteiger partial charge is 0.137 e. The van der Waals surface area contributed by atoms with Gasteiger partial charge in [-0.15, -0.1) is 0 Å². The molecule has 0 amide bonds. The third kappa shape index (κ3) is 3.53. The van der Waals surface area contributed by atoms with Crippen molar-refractivity contribution >= 4 is 11.6 Å². The SMILES string of the molecule is COc1ccc(CN[C@H](C)c2ccccc2C)cc1Cl. The summed E-state index contributed by atoms with van der Waals surface area (Å²) in [6, 6.07) is 14.6. The molecule has 1 atom stereocenters. The van der Waals surface area contributed by atoms with Crippen LogP contribution in [-0.4, -0.2) is 7.11 Å². The molecule has 0 aromatic heterocycles. The highest BCUT2D eigenvalue weighted by Crippen LogP contribution is 2.25. The molecule has 0 spiro atoms. The Morgan fingerprint density at radius 3 is 2.60 bits per heavy atom. The maximum atomic E-state index is 6.13. The maximum absolute atomic E-state index is 6.13. The van der Waals surface area contributed by atoms with Crippen molar-refractivity contribution in [1.82, 2.24) is 5.32 Å². The Kier molecular flexibility index (Phi) is 5.05. The average Bonchev–Trinajstić information content (AvgIpc) is 2.45. The minimum atomic E-state index is 0.303. The second-order valence-corrected chi connectivity index (χ2v) is 5.34. The van der Waals surface area contributed by atoms with Crippen LogP contribution in [0.3, 0.4) is 0 Å². The molecule has 0 aliphatic rings. The van der Waals surface area contributed by atoms with Gasteiger partial charge < -0.3 is 10.1 Å². The van der Waals surface area contributed by atoms with Gasteiger partial charge in [0.25, 0.3) is 0 Å². The first-order chi connectivity index (χ1) is 9.61. The van der Waals surface area contributed by atoms with Crippen LogP contribution in [0.5, 0.6) is 5.75 Å². The van der Waals surface area contributed by atoms with Crippen LogP contribution in [0.1, 0.15) is 29.7 Å². The summed E-state index contributed by atoms with van der Waals surface area (Å²) in [5.74, 6) is 0.711. The van der Waals surface area contributed by atoms with Gasteiger partial charge in [0, 0.05) is 12.6 Å². The Morgan fingerprint density at radius 1 is 1.20 bits per heavy atom. The Hall–Kier alpha value is -1.51. The molecule has 0 bridgehead atoms. The third-order valence-electron chi connectivity index (χ3n) is 3.48. The summed E-state index contributed by atoms with van der Waals surface area (Å²) in [5.41, 5.74) is 3.78. The summed E-state index contributed by atoms with van der Waals surface area (Å²) in [7, 11) is 1.62. The lowest BCUT2D eigenvalue weighted by molar-refractivity contribution is 0.414. The highest BCUT2D eigenvalue weighted by molar-refractivity contribution is 6.32. The van der Waals surface area contributed by atoms with Crippen molar-refractivity contribution in [3.8, 4) is 5.75 Å². The first-order valence-corrected chi connectivity index (χ1v) is 7.11. The van der Waals surface area contributed by atoms with Crippen LogP contribution in [0, 0.1) is 6.92 Å². The molecule has 2 rings (SSSR count). The van der Waals surface area contributed by atoms with Gasteiger partial charge in [0.15, 0.2) is 0 Å². The van der Waals surface area contributed by atoms with Crippen molar-refractivity contribution in [2.24, 2.45) is 0 Å². The molecule has 0 saturated heterocycles. The summed E-state index contributed by atoms with van der Waals surface area (Å²) in [6.45, 7) is 5.09. The van der Waals surface area contributed by atoms with Crippen LogP contribution >= 0.6 is 11.6 Å². The van der Waals surface area contributed by atoms with E-state index in [0.29, 0.717) is 16.8 Å². The minimum Gasteiger partial charge on any atom is -0.495 e. The highest BCUT2D eigenvalue weighted by atomic mass is 35.5. The van der Waals surface area contributed by atoms with E-state index in [1.54, 1.807) is 7.11 Å². The molecule has 106 valence electrons. The number of methoxy groups -OCH3 is 1. The molecule has 0 aliphatic heterocycles. The monoisotopic (exact) mass is 289 g/mol. The molecule has 0 radical (unpaired) electrons. The van der Waals surface area contributed by atoms with Crippen LogP contribution in [-0.2, 0) is 6.54 Å². The standard InChI is InChI=1S/C17H20ClNO/c1-12-6-4-5-7-15(12)13(2)19-11-14-8-9-17(20-3)16(18)10-14/h4-10,13,19H,11H2,1-3H3/t13-/m1/s1. The molecule has 1 N–H and O–H groups in total. The number of halogens is 1. The van der Waals surface area contributed by atoms with Gasteiger partial charge in [-0.3, -0.25) is 0 Å². The fourth-order valence-corrected chi connectivity index (χ4v) is 2.55. The van der Waals surface area contributed by atoms with E-state index in [9.17, 15) is 0 Å². The Balaban J connectivity index is 2.02. The normalized spacial score (nSPS) is 12.2. The van der Waals surface area contributed by atoms with E-state index in [4.69, 9.17) is 16.3 Å². The van der Waals surface area contributed by atoms with Crippen LogP contribution in [0.25, 0.3) is 0 Å². The van der Waals surface area contributed by atoms with Crippen LogP contribution in [0.2, 0.25) is 5.02 Å². The maximum Gasteiger partial charge on any atom is 0.137 e. The Labute approximate surface area is 125 Å². The molecule has 3 heteroatoms. The third-order valence-corrected chi connectivity index (χ3v) is 3.78. The fourth-order valence-electron chi connectivity index (χ4n) is 2.27. The largest absolute Gasteiger partial charge is 0.495 e. The van der Waals surface area contributed by atoms with Crippen molar-refractivity contribution < 1.29 is 4.74 Å². The van der Waals surface area contributed by atoms with E-state index in [1.165, 1.54) is 11.1 Å². The van der Waals surface area contributed by atoms with Gasteiger partial charge in [0.05, 0.1) is 12.1 Å². The van der Waals surface area contributed by atoms with Crippen molar-refractivity contribution in [3.63, 3.8) is 0 Å².